The molecule has 1 rings (SSSR count). The zero-order chi connectivity index (χ0) is 14.1. The van der Waals surface area contributed by atoms with Crippen molar-refractivity contribution in [1.29, 1.82) is 0 Å². The van der Waals surface area contributed by atoms with Gasteiger partial charge in [0.25, 0.3) is 0 Å². The van der Waals surface area contributed by atoms with Crippen LogP contribution < -0.4 is 0 Å². The molecule has 19 heavy (non-hydrogen) atoms. The van der Waals surface area contributed by atoms with Gasteiger partial charge >= 0.3 is 0 Å². The summed E-state index contributed by atoms with van der Waals surface area (Å²) in [6.45, 7) is 6.42. The fraction of sp³-hybridized carbons (Fsp3) is 1.00. The van der Waals surface area contributed by atoms with Crippen molar-refractivity contribution >= 4 is 0 Å². The third-order valence-electron chi connectivity index (χ3n) is 4.30. The molecule has 0 bridgehead atoms. The van der Waals surface area contributed by atoms with Gasteiger partial charge in [0.1, 0.15) is 0 Å². The summed E-state index contributed by atoms with van der Waals surface area (Å²) in [6, 6.07) is 0. The number of rotatable bonds is 9. The summed E-state index contributed by atoms with van der Waals surface area (Å²) < 4.78 is 5.70. The number of aliphatic hydroxyl groups is 1. The molecule has 0 saturated carbocycles. The van der Waals surface area contributed by atoms with Gasteiger partial charge in [0, 0.05) is 12.8 Å². The van der Waals surface area contributed by atoms with E-state index in [0.29, 0.717) is 0 Å². The summed E-state index contributed by atoms with van der Waals surface area (Å²) in [5.41, 5.74) is -0.459. The van der Waals surface area contributed by atoms with E-state index in [1.54, 1.807) is 0 Å². The van der Waals surface area contributed by atoms with Gasteiger partial charge in [-0.25, -0.2) is 0 Å². The number of hydrogen-bond donors (Lipinski definition) is 1. The minimum absolute atomic E-state index is 0.211. The molecule has 1 aliphatic heterocycles. The summed E-state index contributed by atoms with van der Waals surface area (Å²) in [5, 5.41) is 10.6. The molecule has 0 radical (unpaired) electrons. The Labute approximate surface area is 119 Å². The third-order valence-corrected chi connectivity index (χ3v) is 4.30. The van der Waals surface area contributed by atoms with Gasteiger partial charge in [-0.15, -0.1) is 0 Å². The van der Waals surface area contributed by atoms with Crippen LogP contribution in [-0.2, 0) is 4.74 Å². The highest BCUT2D eigenvalue weighted by molar-refractivity contribution is 4.87. The highest BCUT2D eigenvalue weighted by atomic mass is 16.5. The van der Waals surface area contributed by atoms with Crippen molar-refractivity contribution in [2.75, 3.05) is 0 Å². The minimum atomic E-state index is -0.459. The first-order valence-corrected chi connectivity index (χ1v) is 8.43. The summed E-state index contributed by atoms with van der Waals surface area (Å²) in [6.07, 6.45) is 13.7. The van der Waals surface area contributed by atoms with Crippen LogP contribution >= 0.6 is 0 Å². The van der Waals surface area contributed by atoms with Crippen molar-refractivity contribution in [3.05, 3.63) is 0 Å². The van der Waals surface area contributed by atoms with Crippen LogP contribution in [0.5, 0.6) is 0 Å². The van der Waals surface area contributed by atoms with Crippen LogP contribution in [0.3, 0.4) is 0 Å². The van der Waals surface area contributed by atoms with Gasteiger partial charge < -0.3 is 9.84 Å². The van der Waals surface area contributed by atoms with Crippen molar-refractivity contribution in [2.45, 2.75) is 109 Å². The molecule has 1 aliphatic rings. The Morgan fingerprint density at radius 3 is 1.89 bits per heavy atom. The van der Waals surface area contributed by atoms with E-state index in [2.05, 4.69) is 20.8 Å². The molecule has 0 amide bonds. The zero-order valence-corrected chi connectivity index (χ0v) is 13.3. The Morgan fingerprint density at radius 2 is 1.37 bits per heavy atom. The topological polar surface area (TPSA) is 29.5 Å². The van der Waals surface area contributed by atoms with Crippen molar-refractivity contribution in [2.24, 2.45) is 0 Å². The van der Waals surface area contributed by atoms with Crippen LogP contribution in [0.15, 0.2) is 0 Å². The van der Waals surface area contributed by atoms with Crippen LogP contribution in [0, 0.1) is 0 Å². The lowest BCUT2D eigenvalue weighted by Gasteiger charge is -2.39. The maximum absolute atomic E-state index is 10.6. The molecular weight excluding hydrogens is 236 g/mol. The average molecular weight is 270 g/mol. The molecule has 1 heterocycles. The summed E-state index contributed by atoms with van der Waals surface area (Å²) in [5.74, 6) is 0. The van der Waals surface area contributed by atoms with Crippen LogP contribution in [-0.4, -0.2) is 22.9 Å². The zero-order valence-electron chi connectivity index (χ0n) is 13.3. The van der Waals surface area contributed by atoms with E-state index in [-0.39, 0.29) is 12.2 Å². The molecule has 1 fully saturated rings. The van der Waals surface area contributed by atoms with Crippen LogP contribution in [0.4, 0.5) is 0 Å². The van der Waals surface area contributed by atoms with Crippen LogP contribution in [0.1, 0.15) is 91.4 Å². The lowest BCUT2D eigenvalue weighted by atomic mass is 9.83. The smallest absolute Gasteiger partial charge is 0.0697 e. The molecule has 114 valence electrons. The molecule has 0 aromatic carbocycles. The molecule has 2 unspecified atom stereocenters. The molecule has 1 saturated heterocycles. The fourth-order valence-corrected chi connectivity index (χ4v) is 3.44. The number of hydrogen-bond acceptors (Lipinski definition) is 2. The third kappa shape index (κ3) is 7.31. The predicted molar refractivity (Wildman–Crippen MR) is 81.4 cm³/mol. The SMILES string of the molecule is CCCCCCCCCCC1(O)CC(C)OC(C)C1. The molecule has 2 nitrogen and oxygen atoms in total. The molecule has 2 atom stereocenters. The molecule has 2 heteroatoms. The Bertz CT molecular complexity index is 217. The normalized spacial score (nSPS) is 31.6. The molecule has 0 aromatic rings. The van der Waals surface area contributed by atoms with E-state index in [1.165, 1.54) is 51.4 Å². The van der Waals surface area contributed by atoms with E-state index in [0.717, 1.165) is 19.3 Å². The van der Waals surface area contributed by atoms with Gasteiger partial charge in [0.2, 0.25) is 0 Å². The van der Waals surface area contributed by atoms with Gasteiger partial charge in [-0.1, -0.05) is 58.3 Å². The second-order valence-corrected chi connectivity index (χ2v) is 6.61. The van der Waals surface area contributed by atoms with Crippen molar-refractivity contribution < 1.29 is 9.84 Å². The Hall–Kier alpha value is -0.0800. The first-order valence-electron chi connectivity index (χ1n) is 8.43. The maximum atomic E-state index is 10.6. The molecule has 0 spiro atoms. The molecule has 0 aromatic heterocycles. The molecule has 0 aliphatic carbocycles. The van der Waals surface area contributed by atoms with E-state index < -0.39 is 5.60 Å². The quantitative estimate of drug-likeness (QED) is 0.608. The van der Waals surface area contributed by atoms with Gasteiger partial charge in [-0.2, -0.15) is 0 Å². The van der Waals surface area contributed by atoms with Crippen LogP contribution in [0.25, 0.3) is 0 Å². The van der Waals surface area contributed by atoms with E-state index in [1.807, 2.05) is 0 Å². The van der Waals surface area contributed by atoms with Crippen LogP contribution in [0.2, 0.25) is 0 Å². The highest BCUT2D eigenvalue weighted by Crippen LogP contribution is 2.33. The molecule has 1 N–H and O–H groups in total. The van der Waals surface area contributed by atoms with Crippen molar-refractivity contribution in [3.63, 3.8) is 0 Å². The van der Waals surface area contributed by atoms with Gasteiger partial charge in [0.15, 0.2) is 0 Å². The second kappa shape index (κ2) is 8.97. The van der Waals surface area contributed by atoms with Gasteiger partial charge in [0.05, 0.1) is 17.8 Å². The number of unbranched alkanes of at least 4 members (excludes halogenated alkanes) is 7. The Kier molecular flexibility index (Phi) is 8.01. The lowest BCUT2D eigenvalue weighted by molar-refractivity contribution is -0.134. The Morgan fingerprint density at radius 1 is 0.895 bits per heavy atom. The monoisotopic (exact) mass is 270 g/mol. The predicted octanol–water partition coefficient (Wildman–Crippen LogP) is 4.84. The first kappa shape index (κ1) is 17.0. The summed E-state index contributed by atoms with van der Waals surface area (Å²) >= 11 is 0. The second-order valence-electron chi connectivity index (χ2n) is 6.61. The largest absolute Gasteiger partial charge is 0.390 e. The molecular formula is C17H34O2. The highest BCUT2D eigenvalue weighted by Gasteiger charge is 2.35. The number of ether oxygens (including phenoxy) is 1. The van der Waals surface area contributed by atoms with E-state index >= 15 is 0 Å². The van der Waals surface area contributed by atoms with E-state index in [4.69, 9.17) is 4.74 Å². The summed E-state index contributed by atoms with van der Waals surface area (Å²) in [4.78, 5) is 0. The summed E-state index contributed by atoms with van der Waals surface area (Å²) in [7, 11) is 0. The maximum Gasteiger partial charge on any atom is 0.0697 e. The van der Waals surface area contributed by atoms with Crippen molar-refractivity contribution in [1.82, 2.24) is 0 Å². The first-order chi connectivity index (χ1) is 9.06. The van der Waals surface area contributed by atoms with Crippen molar-refractivity contribution in [3.8, 4) is 0 Å². The minimum Gasteiger partial charge on any atom is -0.390 e. The fourth-order valence-electron chi connectivity index (χ4n) is 3.44. The van der Waals surface area contributed by atoms with Gasteiger partial charge in [-0.05, 0) is 20.3 Å². The van der Waals surface area contributed by atoms with Gasteiger partial charge in [-0.3, -0.25) is 0 Å². The lowest BCUT2D eigenvalue weighted by Crippen LogP contribution is -2.43. The van der Waals surface area contributed by atoms with E-state index in [9.17, 15) is 5.11 Å². The standard InChI is InChI=1S/C17H34O2/c1-4-5-6-7-8-9-10-11-12-17(18)13-15(2)19-16(3)14-17/h15-16,18H,4-14H2,1-3H3. The Balaban J connectivity index is 2.04. The average Bonchev–Trinajstić information content (AvgIpc) is 2.30.